The van der Waals surface area contributed by atoms with Crippen molar-refractivity contribution in [2.45, 2.75) is 0 Å². The van der Waals surface area contributed by atoms with E-state index in [4.69, 9.17) is 0 Å². The first-order chi connectivity index (χ1) is 6.88. The summed E-state index contributed by atoms with van der Waals surface area (Å²) >= 11 is 2.39. The van der Waals surface area contributed by atoms with Crippen molar-refractivity contribution in [3.63, 3.8) is 0 Å². The SMILES string of the molecule is I[C](c1ccccc1)c1ccccc1. The molecule has 0 bridgehead atoms. The molecule has 0 N–H and O–H groups in total. The molecule has 1 radical (unpaired) electrons. The number of halogens is 1. The molecule has 0 unspecified atom stereocenters. The summed E-state index contributed by atoms with van der Waals surface area (Å²) in [7, 11) is 0. The van der Waals surface area contributed by atoms with Gasteiger partial charge in [-0.2, -0.15) is 0 Å². The van der Waals surface area contributed by atoms with E-state index in [-0.39, 0.29) is 0 Å². The second-order valence-electron chi connectivity index (χ2n) is 3.05. The summed E-state index contributed by atoms with van der Waals surface area (Å²) in [6.45, 7) is 0. The molecule has 2 aromatic carbocycles. The van der Waals surface area contributed by atoms with Gasteiger partial charge in [-0.1, -0.05) is 83.3 Å². The highest BCUT2D eigenvalue weighted by Gasteiger charge is 2.09. The second kappa shape index (κ2) is 4.60. The van der Waals surface area contributed by atoms with Crippen LogP contribution >= 0.6 is 22.6 Å². The predicted molar refractivity (Wildman–Crippen MR) is 68.4 cm³/mol. The number of benzene rings is 2. The summed E-state index contributed by atoms with van der Waals surface area (Å²) in [5.74, 6) is 0. The van der Waals surface area contributed by atoms with E-state index in [0.29, 0.717) is 0 Å². The van der Waals surface area contributed by atoms with E-state index in [1.54, 1.807) is 0 Å². The van der Waals surface area contributed by atoms with Gasteiger partial charge in [0.05, 0.1) is 3.92 Å². The van der Waals surface area contributed by atoms with E-state index in [0.717, 1.165) is 0 Å². The summed E-state index contributed by atoms with van der Waals surface area (Å²) in [6.07, 6.45) is 0. The Hall–Kier alpha value is -0.830. The lowest BCUT2D eigenvalue weighted by Gasteiger charge is -2.08. The smallest absolute Gasteiger partial charge is 0.0661 e. The van der Waals surface area contributed by atoms with Crippen molar-refractivity contribution >= 4 is 22.6 Å². The molecule has 0 fully saturated rings. The summed E-state index contributed by atoms with van der Waals surface area (Å²) in [6, 6.07) is 20.9. The van der Waals surface area contributed by atoms with Crippen LogP contribution in [0.3, 0.4) is 0 Å². The van der Waals surface area contributed by atoms with Gasteiger partial charge >= 0.3 is 0 Å². The fourth-order valence-corrected chi connectivity index (χ4v) is 2.05. The van der Waals surface area contributed by atoms with E-state index >= 15 is 0 Å². The van der Waals surface area contributed by atoms with E-state index in [1.807, 2.05) is 12.1 Å². The second-order valence-corrected chi connectivity index (χ2v) is 4.12. The van der Waals surface area contributed by atoms with Crippen LogP contribution in [0, 0.1) is 3.92 Å². The van der Waals surface area contributed by atoms with E-state index in [1.165, 1.54) is 15.1 Å². The maximum Gasteiger partial charge on any atom is 0.0946 e. The Morgan fingerprint density at radius 2 is 1.00 bits per heavy atom. The molecule has 0 saturated heterocycles. The first kappa shape index (κ1) is 9.71. The molecule has 0 amide bonds. The van der Waals surface area contributed by atoms with Gasteiger partial charge in [-0.15, -0.1) is 0 Å². The van der Waals surface area contributed by atoms with Gasteiger partial charge in [0, 0.05) is 0 Å². The van der Waals surface area contributed by atoms with Crippen molar-refractivity contribution in [3.05, 3.63) is 75.7 Å². The van der Waals surface area contributed by atoms with Crippen LogP contribution in [0.2, 0.25) is 0 Å². The van der Waals surface area contributed by atoms with Gasteiger partial charge in [0.15, 0.2) is 0 Å². The fourth-order valence-electron chi connectivity index (χ4n) is 1.34. The van der Waals surface area contributed by atoms with Crippen LogP contribution in [0.5, 0.6) is 0 Å². The van der Waals surface area contributed by atoms with Crippen LogP contribution in [0.1, 0.15) is 11.1 Å². The van der Waals surface area contributed by atoms with Crippen LogP contribution in [0.15, 0.2) is 60.7 Å². The van der Waals surface area contributed by atoms with Crippen LogP contribution in [-0.4, -0.2) is 0 Å². The number of rotatable bonds is 2. The number of hydrogen-bond donors (Lipinski definition) is 0. The maximum absolute atomic E-state index is 2.39. The summed E-state index contributed by atoms with van der Waals surface area (Å²) in [5, 5.41) is 0. The average Bonchev–Trinajstić information content (AvgIpc) is 2.30. The molecule has 0 aromatic heterocycles. The Labute approximate surface area is 98.1 Å². The molecule has 0 atom stereocenters. The topological polar surface area (TPSA) is 0 Å². The van der Waals surface area contributed by atoms with Gasteiger partial charge in [0.1, 0.15) is 0 Å². The maximum atomic E-state index is 2.39. The Balaban J connectivity index is 2.30. The molecule has 2 aromatic rings. The van der Waals surface area contributed by atoms with Crippen LogP contribution < -0.4 is 0 Å². The van der Waals surface area contributed by atoms with Crippen LogP contribution in [0.4, 0.5) is 0 Å². The summed E-state index contributed by atoms with van der Waals surface area (Å²) in [4.78, 5) is 0. The molecular formula is C13H10I. The summed E-state index contributed by atoms with van der Waals surface area (Å²) < 4.78 is 1.30. The lowest BCUT2D eigenvalue weighted by atomic mass is 10.1. The zero-order valence-electron chi connectivity index (χ0n) is 7.65. The minimum atomic E-state index is 1.28. The highest BCUT2D eigenvalue weighted by molar-refractivity contribution is 14.1. The lowest BCUT2D eigenvalue weighted by molar-refractivity contribution is 1.42. The Kier molecular flexibility index (Phi) is 3.19. The van der Waals surface area contributed by atoms with Gasteiger partial charge in [-0.3, -0.25) is 0 Å². The zero-order valence-corrected chi connectivity index (χ0v) is 9.81. The number of hydrogen-bond acceptors (Lipinski definition) is 0. The fraction of sp³-hybridized carbons (Fsp3) is 0. The Morgan fingerprint density at radius 3 is 1.36 bits per heavy atom. The Bertz CT molecular complexity index is 341. The largest absolute Gasteiger partial charge is 0.0946 e. The first-order valence-electron chi connectivity index (χ1n) is 4.51. The summed E-state index contributed by atoms with van der Waals surface area (Å²) in [5.41, 5.74) is 2.55. The van der Waals surface area contributed by atoms with Gasteiger partial charge in [-0.25, -0.2) is 0 Å². The molecule has 14 heavy (non-hydrogen) atoms. The highest BCUT2D eigenvalue weighted by Crippen LogP contribution is 2.29. The van der Waals surface area contributed by atoms with Gasteiger partial charge in [0.2, 0.25) is 0 Å². The van der Waals surface area contributed by atoms with Gasteiger partial charge < -0.3 is 0 Å². The predicted octanol–water partition coefficient (Wildman–Crippen LogP) is 4.05. The third kappa shape index (κ3) is 2.15. The molecule has 0 saturated carbocycles. The standard InChI is InChI=1S/C13H10I/c14-13(11-7-3-1-4-8-11)12-9-5-2-6-10-12/h1-10H. The first-order valence-corrected chi connectivity index (χ1v) is 5.59. The van der Waals surface area contributed by atoms with E-state index in [9.17, 15) is 0 Å². The monoisotopic (exact) mass is 293 g/mol. The lowest BCUT2D eigenvalue weighted by Crippen LogP contribution is -1.91. The van der Waals surface area contributed by atoms with Gasteiger partial charge in [-0.05, 0) is 11.1 Å². The molecule has 69 valence electrons. The molecule has 0 nitrogen and oxygen atoms in total. The van der Waals surface area contributed by atoms with Crippen LogP contribution in [-0.2, 0) is 0 Å². The normalized spacial score (nSPS) is 10.4. The molecule has 0 aliphatic heterocycles. The molecule has 2 rings (SSSR count). The Morgan fingerprint density at radius 1 is 0.643 bits per heavy atom. The third-order valence-electron chi connectivity index (χ3n) is 2.05. The molecular weight excluding hydrogens is 283 g/mol. The highest BCUT2D eigenvalue weighted by atomic mass is 127. The average molecular weight is 293 g/mol. The van der Waals surface area contributed by atoms with Crippen molar-refractivity contribution in [2.24, 2.45) is 0 Å². The molecule has 0 spiro atoms. The van der Waals surface area contributed by atoms with Crippen molar-refractivity contribution in [1.82, 2.24) is 0 Å². The van der Waals surface area contributed by atoms with Crippen molar-refractivity contribution in [1.29, 1.82) is 0 Å². The molecule has 0 heterocycles. The van der Waals surface area contributed by atoms with Gasteiger partial charge in [0.25, 0.3) is 0 Å². The van der Waals surface area contributed by atoms with Crippen molar-refractivity contribution < 1.29 is 0 Å². The molecule has 0 aliphatic rings. The van der Waals surface area contributed by atoms with Crippen molar-refractivity contribution in [2.75, 3.05) is 0 Å². The molecule has 0 aliphatic carbocycles. The van der Waals surface area contributed by atoms with E-state index < -0.39 is 0 Å². The molecule has 1 heteroatoms. The minimum absolute atomic E-state index is 1.28. The third-order valence-corrected chi connectivity index (χ3v) is 3.30. The van der Waals surface area contributed by atoms with Crippen molar-refractivity contribution in [3.8, 4) is 0 Å². The minimum Gasteiger partial charge on any atom is -0.0661 e. The zero-order chi connectivity index (χ0) is 9.80. The van der Waals surface area contributed by atoms with E-state index in [2.05, 4.69) is 71.1 Å². The quantitative estimate of drug-likeness (QED) is 0.733. The van der Waals surface area contributed by atoms with Crippen LogP contribution in [0.25, 0.3) is 0 Å².